The largest absolute Gasteiger partial charge is 0.480 e. The molecule has 0 aliphatic heterocycles. The van der Waals surface area contributed by atoms with Crippen molar-refractivity contribution in [3.63, 3.8) is 0 Å². The molecule has 0 saturated carbocycles. The number of hydrogen-bond acceptors (Lipinski definition) is 3. The number of aryl methyl sites for hydroxylation is 3. The normalized spacial score (nSPS) is 12.3. The van der Waals surface area contributed by atoms with Crippen molar-refractivity contribution in [1.29, 1.82) is 0 Å². The van der Waals surface area contributed by atoms with Crippen molar-refractivity contribution in [3.05, 3.63) is 76.9 Å². The number of carbonyl (C=O) groups is 1. The van der Waals surface area contributed by atoms with Crippen molar-refractivity contribution in [2.75, 3.05) is 0 Å². The Morgan fingerprint density at radius 1 is 1.04 bits per heavy atom. The van der Waals surface area contributed by atoms with Crippen molar-refractivity contribution in [1.82, 2.24) is 5.43 Å². The summed E-state index contributed by atoms with van der Waals surface area (Å²) in [5.41, 5.74) is 7.06. The van der Waals surface area contributed by atoms with Gasteiger partial charge in [-0.25, -0.2) is 5.43 Å². The molecule has 0 heterocycles. The first-order valence-electron chi connectivity index (χ1n) is 9.01. The maximum absolute atomic E-state index is 12.3. The third kappa shape index (κ3) is 4.34. The number of hydrogen-bond donors (Lipinski definition) is 1. The second-order valence-corrected chi connectivity index (χ2v) is 6.78. The van der Waals surface area contributed by atoms with Crippen LogP contribution in [0, 0.1) is 20.8 Å². The average molecular weight is 360 g/mol. The summed E-state index contributed by atoms with van der Waals surface area (Å²) < 4.78 is 5.87. The number of benzene rings is 3. The maximum atomic E-state index is 12.3. The summed E-state index contributed by atoms with van der Waals surface area (Å²) in [6.45, 7) is 7.86. The molecule has 0 bridgehead atoms. The van der Waals surface area contributed by atoms with Crippen LogP contribution in [-0.4, -0.2) is 18.2 Å². The Kier molecular flexibility index (Phi) is 5.55. The first-order chi connectivity index (χ1) is 13.0. The third-order valence-electron chi connectivity index (χ3n) is 4.53. The standard InChI is InChI=1S/C23H24N2O2/c1-15-12-16(2)21(17(3)13-15)14-24-25-23(26)18(4)27-22-11-7-9-19-8-5-6-10-20(19)22/h5-14,18H,1-4H3,(H,25,26). The van der Waals surface area contributed by atoms with Gasteiger partial charge < -0.3 is 4.74 Å². The highest BCUT2D eigenvalue weighted by Gasteiger charge is 2.15. The van der Waals surface area contributed by atoms with Gasteiger partial charge in [-0.1, -0.05) is 54.1 Å². The Morgan fingerprint density at radius 2 is 1.70 bits per heavy atom. The van der Waals surface area contributed by atoms with Gasteiger partial charge in [-0.05, 0) is 50.3 Å². The van der Waals surface area contributed by atoms with Crippen LogP contribution in [0.1, 0.15) is 29.2 Å². The van der Waals surface area contributed by atoms with Gasteiger partial charge in [0.1, 0.15) is 5.75 Å². The van der Waals surface area contributed by atoms with E-state index in [1.54, 1.807) is 13.1 Å². The van der Waals surface area contributed by atoms with Gasteiger partial charge in [-0.15, -0.1) is 0 Å². The fourth-order valence-electron chi connectivity index (χ4n) is 3.19. The molecule has 0 aromatic heterocycles. The minimum Gasteiger partial charge on any atom is -0.480 e. The summed E-state index contributed by atoms with van der Waals surface area (Å²) in [4.78, 5) is 12.3. The first kappa shape index (κ1) is 18.6. The molecule has 4 heteroatoms. The smallest absolute Gasteiger partial charge is 0.280 e. The minimum absolute atomic E-state index is 0.290. The summed E-state index contributed by atoms with van der Waals surface area (Å²) in [7, 11) is 0. The molecular weight excluding hydrogens is 336 g/mol. The molecule has 1 amide bonds. The molecule has 0 saturated heterocycles. The van der Waals surface area contributed by atoms with Crippen LogP contribution in [0.5, 0.6) is 5.75 Å². The number of nitrogens with one attached hydrogen (secondary N) is 1. The van der Waals surface area contributed by atoms with Crippen LogP contribution in [-0.2, 0) is 4.79 Å². The van der Waals surface area contributed by atoms with Crippen LogP contribution in [0.3, 0.4) is 0 Å². The molecule has 1 unspecified atom stereocenters. The van der Waals surface area contributed by atoms with Gasteiger partial charge in [0, 0.05) is 10.9 Å². The van der Waals surface area contributed by atoms with Crippen LogP contribution in [0.15, 0.2) is 59.7 Å². The lowest BCUT2D eigenvalue weighted by Crippen LogP contribution is -2.33. The van der Waals surface area contributed by atoms with E-state index in [-0.39, 0.29) is 5.91 Å². The van der Waals surface area contributed by atoms with Crippen molar-refractivity contribution in [2.24, 2.45) is 5.10 Å². The zero-order chi connectivity index (χ0) is 19.4. The predicted molar refractivity (Wildman–Crippen MR) is 110 cm³/mol. The molecule has 0 fully saturated rings. The van der Waals surface area contributed by atoms with E-state index < -0.39 is 6.10 Å². The molecule has 3 rings (SSSR count). The van der Waals surface area contributed by atoms with Gasteiger partial charge >= 0.3 is 0 Å². The summed E-state index contributed by atoms with van der Waals surface area (Å²) >= 11 is 0. The maximum Gasteiger partial charge on any atom is 0.280 e. The van der Waals surface area contributed by atoms with E-state index in [1.165, 1.54) is 5.56 Å². The molecule has 0 radical (unpaired) electrons. The molecule has 0 aliphatic rings. The number of hydrazone groups is 1. The summed E-state index contributed by atoms with van der Waals surface area (Å²) in [5, 5.41) is 6.17. The van der Waals surface area contributed by atoms with Gasteiger partial charge in [-0.2, -0.15) is 5.10 Å². The second-order valence-electron chi connectivity index (χ2n) is 6.78. The number of carbonyl (C=O) groups excluding carboxylic acids is 1. The van der Waals surface area contributed by atoms with Crippen molar-refractivity contribution >= 4 is 22.9 Å². The summed E-state index contributed by atoms with van der Waals surface area (Å²) in [5.74, 6) is 0.395. The van der Waals surface area contributed by atoms with Crippen LogP contribution >= 0.6 is 0 Å². The van der Waals surface area contributed by atoms with E-state index in [4.69, 9.17) is 4.74 Å². The molecule has 1 atom stereocenters. The number of amides is 1. The summed E-state index contributed by atoms with van der Waals surface area (Å²) in [6, 6.07) is 17.9. The van der Waals surface area contributed by atoms with E-state index >= 15 is 0 Å². The average Bonchev–Trinajstić information content (AvgIpc) is 2.64. The molecule has 3 aromatic rings. The lowest BCUT2D eigenvalue weighted by atomic mass is 10.0. The van der Waals surface area contributed by atoms with Crippen LogP contribution in [0.25, 0.3) is 10.8 Å². The third-order valence-corrected chi connectivity index (χ3v) is 4.53. The van der Waals surface area contributed by atoms with Crippen molar-refractivity contribution < 1.29 is 9.53 Å². The lowest BCUT2D eigenvalue weighted by molar-refractivity contribution is -0.127. The van der Waals surface area contributed by atoms with Crippen molar-refractivity contribution in [3.8, 4) is 5.75 Å². The predicted octanol–water partition coefficient (Wildman–Crippen LogP) is 4.68. The number of rotatable bonds is 5. The minimum atomic E-state index is -0.659. The second kappa shape index (κ2) is 8.04. The highest BCUT2D eigenvalue weighted by molar-refractivity contribution is 5.89. The van der Waals surface area contributed by atoms with Crippen LogP contribution in [0.2, 0.25) is 0 Å². The Hall–Kier alpha value is -3.14. The zero-order valence-corrected chi connectivity index (χ0v) is 16.1. The topological polar surface area (TPSA) is 50.7 Å². The number of nitrogens with zero attached hydrogens (tertiary/aromatic N) is 1. The monoisotopic (exact) mass is 360 g/mol. The molecule has 0 aliphatic carbocycles. The Balaban J connectivity index is 1.68. The molecule has 3 aromatic carbocycles. The van der Waals surface area contributed by atoms with Gasteiger partial charge in [-0.3, -0.25) is 4.79 Å². The summed E-state index contributed by atoms with van der Waals surface area (Å²) in [6.07, 6.45) is 1.03. The fraction of sp³-hybridized carbons (Fsp3) is 0.217. The van der Waals surface area contributed by atoms with Gasteiger partial charge in [0.05, 0.1) is 6.21 Å². The van der Waals surface area contributed by atoms with E-state index in [1.807, 2.05) is 56.3 Å². The van der Waals surface area contributed by atoms with Crippen LogP contribution in [0.4, 0.5) is 0 Å². The van der Waals surface area contributed by atoms with Gasteiger partial charge in [0.2, 0.25) is 0 Å². The zero-order valence-electron chi connectivity index (χ0n) is 16.1. The van der Waals surface area contributed by atoms with E-state index in [0.717, 1.165) is 27.5 Å². The SMILES string of the molecule is Cc1cc(C)c(C=NNC(=O)C(C)Oc2cccc3ccccc23)c(C)c1. The highest BCUT2D eigenvalue weighted by atomic mass is 16.5. The highest BCUT2D eigenvalue weighted by Crippen LogP contribution is 2.26. The van der Waals surface area contributed by atoms with Crippen molar-refractivity contribution in [2.45, 2.75) is 33.8 Å². The Morgan fingerprint density at radius 3 is 2.44 bits per heavy atom. The number of fused-ring (bicyclic) bond motifs is 1. The van der Waals surface area contributed by atoms with E-state index in [0.29, 0.717) is 5.75 Å². The molecule has 138 valence electrons. The van der Waals surface area contributed by atoms with Gasteiger partial charge in [0.15, 0.2) is 6.10 Å². The lowest BCUT2D eigenvalue weighted by Gasteiger charge is -2.15. The van der Waals surface area contributed by atoms with Crippen LogP contribution < -0.4 is 10.2 Å². The Labute approximate surface area is 159 Å². The van der Waals surface area contributed by atoms with E-state index in [2.05, 4.69) is 29.6 Å². The fourth-order valence-corrected chi connectivity index (χ4v) is 3.19. The first-order valence-corrected chi connectivity index (χ1v) is 9.01. The molecule has 27 heavy (non-hydrogen) atoms. The van der Waals surface area contributed by atoms with Gasteiger partial charge in [0.25, 0.3) is 5.91 Å². The molecule has 1 N–H and O–H groups in total. The molecule has 0 spiro atoms. The Bertz CT molecular complexity index is 980. The quantitative estimate of drug-likeness (QED) is 0.530. The molecule has 4 nitrogen and oxygen atoms in total. The number of ether oxygens (including phenoxy) is 1. The molecular formula is C23H24N2O2. The van der Waals surface area contributed by atoms with E-state index in [9.17, 15) is 4.79 Å².